The Bertz CT molecular complexity index is 173. The van der Waals surface area contributed by atoms with Gasteiger partial charge >= 0.3 is 6.09 Å². The van der Waals surface area contributed by atoms with Crippen molar-refractivity contribution in [3.63, 3.8) is 0 Å². The Morgan fingerprint density at radius 1 is 1.83 bits per heavy atom. The molecule has 0 atom stereocenters. The molecule has 0 radical (unpaired) electrons. The summed E-state index contributed by atoms with van der Waals surface area (Å²) in [6, 6.07) is 0. The average Bonchev–Trinajstić information content (AvgIpc) is 2.02. The molecule has 1 amide bonds. The van der Waals surface area contributed by atoms with Crippen LogP contribution in [-0.2, 0) is 9.53 Å². The molecule has 0 saturated carbocycles. The summed E-state index contributed by atoms with van der Waals surface area (Å²) in [6.07, 6.45) is 2.19. The lowest BCUT2D eigenvalue weighted by Crippen LogP contribution is -2.11. The van der Waals surface area contributed by atoms with Gasteiger partial charge in [-0.3, -0.25) is 0 Å². The maximum Gasteiger partial charge on any atom is 0.404 e. The fraction of sp³-hybridized carbons (Fsp3) is 0.429. The Labute approximate surface area is 70.9 Å². The molecule has 12 heavy (non-hydrogen) atoms. The number of carbonyl (C=O) groups excluding carboxylic acids is 2. The van der Waals surface area contributed by atoms with E-state index in [1.54, 1.807) is 6.92 Å². The predicted molar refractivity (Wildman–Crippen MR) is 44.4 cm³/mol. The highest BCUT2D eigenvalue weighted by atomic mass is 16.5. The fourth-order valence-corrected chi connectivity index (χ4v) is 0.244. The number of rotatable bonds is 3. The molecule has 0 unspecified atom stereocenters. The van der Waals surface area contributed by atoms with E-state index in [1.807, 2.05) is 0 Å². The molecule has 0 saturated heterocycles. The number of isocyanates is 1. The molecule has 0 aliphatic heterocycles. The number of ether oxygens (including phenoxy) is 1. The molecule has 0 aromatic rings. The number of primary amides is 1. The van der Waals surface area contributed by atoms with E-state index in [2.05, 4.69) is 22.0 Å². The minimum absolute atomic E-state index is 0.356. The van der Waals surface area contributed by atoms with E-state index in [-0.39, 0.29) is 0 Å². The number of hydrogen-bond donors (Lipinski definition) is 1. The Balaban J connectivity index is 0. The van der Waals surface area contributed by atoms with Crippen LogP contribution in [0.2, 0.25) is 0 Å². The van der Waals surface area contributed by atoms with Crippen LogP contribution in [0.25, 0.3) is 0 Å². The molecule has 0 heterocycles. The number of nitrogens with zero attached hydrogens (tertiary/aromatic N) is 1. The van der Waals surface area contributed by atoms with Gasteiger partial charge in [0, 0.05) is 0 Å². The molecule has 68 valence electrons. The summed E-state index contributed by atoms with van der Waals surface area (Å²) in [5, 5.41) is 0. The van der Waals surface area contributed by atoms with Crippen molar-refractivity contribution in [2.75, 3.05) is 13.2 Å². The lowest BCUT2D eigenvalue weighted by molar-refractivity contribution is 0.163. The van der Waals surface area contributed by atoms with Crippen LogP contribution in [0, 0.1) is 0 Å². The normalized spacial score (nSPS) is 6.75. The Hall–Kier alpha value is -1.61. The minimum atomic E-state index is -0.711. The van der Waals surface area contributed by atoms with Gasteiger partial charge < -0.3 is 10.5 Å². The van der Waals surface area contributed by atoms with E-state index < -0.39 is 6.09 Å². The molecule has 0 bridgehead atoms. The first kappa shape index (κ1) is 13.0. The molecule has 0 aliphatic rings. The fourth-order valence-electron chi connectivity index (χ4n) is 0.244. The topological polar surface area (TPSA) is 81.8 Å². The molecule has 0 rings (SSSR count). The zero-order valence-corrected chi connectivity index (χ0v) is 6.95. The molecule has 0 fully saturated rings. The highest BCUT2D eigenvalue weighted by Gasteiger charge is 1.82. The number of carbonyl (C=O) groups is 1. The number of nitrogens with two attached hydrogens (primary N) is 1. The lowest BCUT2D eigenvalue weighted by atomic mass is 10.7. The van der Waals surface area contributed by atoms with Crippen LogP contribution in [-0.4, -0.2) is 25.3 Å². The summed E-state index contributed by atoms with van der Waals surface area (Å²) in [5.41, 5.74) is 4.54. The van der Waals surface area contributed by atoms with Gasteiger partial charge in [-0.1, -0.05) is 6.08 Å². The van der Waals surface area contributed by atoms with Gasteiger partial charge in [-0.05, 0) is 6.92 Å². The first-order valence-corrected chi connectivity index (χ1v) is 3.25. The smallest absolute Gasteiger partial charge is 0.404 e. The van der Waals surface area contributed by atoms with E-state index in [1.165, 1.54) is 12.2 Å². The van der Waals surface area contributed by atoms with Crippen molar-refractivity contribution in [1.29, 1.82) is 0 Å². The van der Waals surface area contributed by atoms with Crippen molar-refractivity contribution < 1.29 is 14.3 Å². The molecular formula is C7H12N2O3. The maximum absolute atomic E-state index is 9.60. The molecule has 2 N–H and O–H groups in total. The highest BCUT2D eigenvalue weighted by molar-refractivity contribution is 5.64. The van der Waals surface area contributed by atoms with Gasteiger partial charge in [-0.2, -0.15) is 0 Å². The van der Waals surface area contributed by atoms with Gasteiger partial charge in [0.05, 0.1) is 13.2 Å². The summed E-state index contributed by atoms with van der Waals surface area (Å²) < 4.78 is 4.18. The van der Waals surface area contributed by atoms with Crippen molar-refractivity contribution in [2.45, 2.75) is 6.92 Å². The quantitative estimate of drug-likeness (QED) is 0.384. The first-order valence-electron chi connectivity index (χ1n) is 3.25. The van der Waals surface area contributed by atoms with E-state index in [9.17, 15) is 9.59 Å². The van der Waals surface area contributed by atoms with Crippen LogP contribution in [0.3, 0.4) is 0 Å². The van der Waals surface area contributed by atoms with Gasteiger partial charge in [-0.15, -0.1) is 6.58 Å². The van der Waals surface area contributed by atoms with Crippen LogP contribution >= 0.6 is 0 Å². The molecule has 0 aliphatic carbocycles. The van der Waals surface area contributed by atoms with Crippen LogP contribution in [0.15, 0.2) is 17.6 Å². The average molecular weight is 172 g/mol. The predicted octanol–water partition coefficient (Wildman–Crippen LogP) is 0.610. The molecule has 5 nitrogen and oxygen atoms in total. The van der Waals surface area contributed by atoms with Crippen LogP contribution < -0.4 is 5.73 Å². The molecule has 5 heteroatoms. The SMILES string of the molecule is C=CCN=C=O.CCOC(N)=O. The maximum atomic E-state index is 9.60. The Morgan fingerprint density at radius 3 is 2.50 bits per heavy atom. The summed E-state index contributed by atoms with van der Waals surface area (Å²) >= 11 is 0. The zero-order chi connectivity index (χ0) is 9.82. The van der Waals surface area contributed by atoms with Crippen LogP contribution in [0.4, 0.5) is 4.79 Å². The largest absolute Gasteiger partial charge is 0.450 e. The van der Waals surface area contributed by atoms with Crippen molar-refractivity contribution >= 4 is 12.2 Å². The van der Waals surface area contributed by atoms with E-state index in [0.717, 1.165) is 0 Å². The summed E-state index contributed by atoms with van der Waals surface area (Å²) in [7, 11) is 0. The van der Waals surface area contributed by atoms with Crippen molar-refractivity contribution in [2.24, 2.45) is 10.7 Å². The second-order valence-corrected chi connectivity index (χ2v) is 1.47. The van der Waals surface area contributed by atoms with Crippen molar-refractivity contribution in [3.05, 3.63) is 12.7 Å². The van der Waals surface area contributed by atoms with Gasteiger partial charge in [0.15, 0.2) is 0 Å². The Morgan fingerprint density at radius 2 is 2.42 bits per heavy atom. The number of amides is 1. The van der Waals surface area contributed by atoms with Gasteiger partial charge in [0.25, 0.3) is 0 Å². The van der Waals surface area contributed by atoms with Crippen molar-refractivity contribution in [3.8, 4) is 0 Å². The minimum Gasteiger partial charge on any atom is -0.450 e. The lowest BCUT2D eigenvalue weighted by Gasteiger charge is -1.89. The third kappa shape index (κ3) is 23.8. The monoisotopic (exact) mass is 172 g/mol. The standard InChI is InChI=1S/C4H5NO.C3H7NO2/c1-2-3-5-4-6;1-2-6-3(4)5/h2H,1,3H2;2H2,1H3,(H2,4,5). The van der Waals surface area contributed by atoms with Gasteiger partial charge in [-0.25, -0.2) is 14.6 Å². The van der Waals surface area contributed by atoms with Gasteiger partial charge in [0.2, 0.25) is 6.08 Å². The summed E-state index contributed by atoms with van der Waals surface area (Å²) in [4.78, 5) is 22.0. The highest BCUT2D eigenvalue weighted by Crippen LogP contribution is 1.66. The van der Waals surface area contributed by atoms with E-state index in [0.29, 0.717) is 13.2 Å². The molecule has 0 aromatic carbocycles. The van der Waals surface area contributed by atoms with Gasteiger partial charge in [0.1, 0.15) is 0 Å². The van der Waals surface area contributed by atoms with Crippen molar-refractivity contribution in [1.82, 2.24) is 0 Å². The summed E-state index contributed by atoms with van der Waals surface area (Å²) in [6.45, 7) is 5.76. The molecule has 0 aromatic heterocycles. The Kier molecular flexibility index (Phi) is 13.1. The third-order valence-corrected chi connectivity index (χ3v) is 0.572. The first-order chi connectivity index (χ1) is 5.68. The van der Waals surface area contributed by atoms with E-state index in [4.69, 9.17) is 0 Å². The van der Waals surface area contributed by atoms with E-state index >= 15 is 0 Å². The molecule has 0 spiro atoms. The number of aliphatic imine (C=N–C) groups is 1. The molecular weight excluding hydrogens is 160 g/mol. The second kappa shape index (κ2) is 12.1. The summed E-state index contributed by atoms with van der Waals surface area (Å²) in [5.74, 6) is 0. The zero-order valence-electron chi connectivity index (χ0n) is 6.95. The van der Waals surface area contributed by atoms with Crippen LogP contribution in [0.5, 0.6) is 0 Å². The number of hydrogen-bond acceptors (Lipinski definition) is 4. The third-order valence-electron chi connectivity index (χ3n) is 0.572. The van der Waals surface area contributed by atoms with Crippen LogP contribution in [0.1, 0.15) is 6.92 Å². The second-order valence-electron chi connectivity index (χ2n) is 1.47.